The predicted molar refractivity (Wildman–Crippen MR) is 55.0 cm³/mol. The second-order valence-electron chi connectivity index (χ2n) is 3.61. The van der Waals surface area contributed by atoms with E-state index in [1.807, 2.05) is 11.6 Å². The zero-order chi connectivity index (χ0) is 11.9. The fraction of sp³-hybridized carbons (Fsp3) is 0.273. The van der Waals surface area contributed by atoms with Gasteiger partial charge in [0.15, 0.2) is 0 Å². The zero-order valence-electron chi connectivity index (χ0n) is 8.83. The maximum atomic E-state index is 13.1. The molecule has 0 spiro atoms. The third-order valence-corrected chi connectivity index (χ3v) is 2.61. The standard InChI is InChI=1S/C11H9F2N3/c1-7-15-9-5-8(11(12,13)6-14)3-4-10(9)16(7)2/h3-5H,1-2H3. The fourth-order valence-electron chi connectivity index (χ4n) is 1.58. The second-order valence-corrected chi connectivity index (χ2v) is 3.61. The van der Waals surface area contributed by atoms with Crippen LogP contribution in [0, 0.1) is 18.3 Å². The van der Waals surface area contributed by atoms with Gasteiger partial charge in [0.1, 0.15) is 11.9 Å². The van der Waals surface area contributed by atoms with Crippen molar-refractivity contribution >= 4 is 11.0 Å². The Morgan fingerprint density at radius 2 is 2.12 bits per heavy atom. The molecule has 0 aliphatic heterocycles. The summed E-state index contributed by atoms with van der Waals surface area (Å²) >= 11 is 0. The van der Waals surface area contributed by atoms with Crippen LogP contribution in [0.4, 0.5) is 8.78 Å². The lowest BCUT2D eigenvalue weighted by atomic mass is 10.1. The summed E-state index contributed by atoms with van der Waals surface area (Å²) in [6.45, 7) is 1.79. The van der Waals surface area contributed by atoms with Crippen LogP contribution >= 0.6 is 0 Å². The Morgan fingerprint density at radius 3 is 2.75 bits per heavy atom. The van der Waals surface area contributed by atoms with E-state index in [1.165, 1.54) is 12.1 Å². The molecule has 1 heterocycles. The molecule has 0 aliphatic rings. The highest BCUT2D eigenvalue weighted by Crippen LogP contribution is 2.29. The second kappa shape index (κ2) is 3.27. The predicted octanol–water partition coefficient (Wildman–Crippen LogP) is 2.50. The van der Waals surface area contributed by atoms with Crippen molar-refractivity contribution in [3.63, 3.8) is 0 Å². The lowest BCUT2D eigenvalue weighted by Crippen LogP contribution is -2.09. The first-order valence-electron chi connectivity index (χ1n) is 4.68. The first-order valence-corrected chi connectivity index (χ1v) is 4.68. The molecular formula is C11H9F2N3. The van der Waals surface area contributed by atoms with Crippen molar-refractivity contribution in [3.8, 4) is 6.07 Å². The van der Waals surface area contributed by atoms with Gasteiger partial charge < -0.3 is 4.57 Å². The van der Waals surface area contributed by atoms with Crippen molar-refractivity contribution in [2.45, 2.75) is 12.8 Å². The Hall–Kier alpha value is -1.96. The quantitative estimate of drug-likeness (QED) is 0.742. The molecule has 1 aromatic carbocycles. The maximum Gasteiger partial charge on any atom is 0.357 e. The molecular weight excluding hydrogens is 212 g/mol. The van der Waals surface area contributed by atoms with Crippen molar-refractivity contribution in [2.24, 2.45) is 7.05 Å². The summed E-state index contributed by atoms with van der Waals surface area (Å²) in [7, 11) is 1.81. The molecule has 2 aromatic rings. The summed E-state index contributed by atoms with van der Waals surface area (Å²) in [5, 5.41) is 8.35. The van der Waals surface area contributed by atoms with E-state index in [1.54, 1.807) is 13.0 Å². The smallest absolute Gasteiger partial charge is 0.331 e. The number of fused-ring (bicyclic) bond motifs is 1. The minimum Gasteiger partial charge on any atom is -0.331 e. The molecule has 0 N–H and O–H groups in total. The highest BCUT2D eigenvalue weighted by atomic mass is 19.3. The van der Waals surface area contributed by atoms with E-state index in [2.05, 4.69) is 4.98 Å². The number of alkyl halides is 2. The van der Waals surface area contributed by atoms with Crippen molar-refractivity contribution in [2.75, 3.05) is 0 Å². The van der Waals surface area contributed by atoms with Gasteiger partial charge in [0.05, 0.1) is 11.0 Å². The molecule has 0 radical (unpaired) electrons. The Balaban J connectivity index is 2.67. The highest BCUT2D eigenvalue weighted by molar-refractivity contribution is 5.77. The van der Waals surface area contributed by atoms with Gasteiger partial charge in [-0.3, -0.25) is 0 Å². The number of rotatable bonds is 1. The molecule has 0 amide bonds. The van der Waals surface area contributed by atoms with Gasteiger partial charge in [-0.25, -0.2) is 4.98 Å². The molecule has 3 nitrogen and oxygen atoms in total. The van der Waals surface area contributed by atoms with Crippen LogP contribution in [-0.2, 0) is 13.0 Å². The minimum atomic E-state index is -3.46. The van der Waals surface area contributed by atoms with E-state index in [0.717, 1.165) is 17.4 Å². The van der Waals surface area contributed by atoms with Crippen LogP contribution < -0.4 is 0 Å². The van der Waals surface area contributed by atoms with Crippen molar-refractivity contribution < 1.29 is 8.78 Å². The molecule has 0 fully saturated rings. The largest absolute Gasteiger partial charge is 0.357 e. The normalized spacial score (nSPS) is 11.7. The van der Waals surface area contributed by atoms with Crippen LogP contribution in [-0.4, -0.2) is 9.55 Å². The summed E-state index contributed by atoms with van der Waals surface area (Å²) in [6, 6.07) is 5.04. The minimum absolute atomic E-state index is 0.319. The first-order chi connectivity index (χ1) is 7.45. The monoisotopic (exact) mass is 221 g/mol. The molecule has 0 aliphatic carbocycles. The summed E-state index contributed by atoms with van der Waals surface area (Å²) in [4.78, 5) is 4.14. The summed E-state index contributed by atoms with van der Waals surface area (Å²) in [6.07, 6.45) is 0. The van der Waals surface area contributed by atoms with Crippen LogP contribution in [0.3, 0.4) is 0 Å². The zero-order valence-corrected chi connectivity index (χ0v) is 8.83. The van der Waals surface area contributed by atoms with Crippen LogP contribution in [0.5, 0.6) is 0 Å². The highest BCUT2D eigenvalue weighted by Gasteiger charge is 2.31. The number of imidazole rings is 1. The topological polar surface area (TPSA) is 41.6 Å². The number of hydrogen-bond acceptors (Lipinski definition) is 2. The van der Waals surface area contributed by atoms with Gasteiger partial charge in [-0.2, -0.15) is 14.0 Å². The van der Waals surface area contributed by atoms with E-state index in [4.69, 9.17) is 5.26 Å². The maximum absolute atomic E-state index is 13.1. The number of halogens is 2. The molecule has 1 aromatic heterocycles. The summed E-state index contributed by atoms with van der Waals surface area (Å²) in [5.41, 5.74) is 0.933. The van der Waals surface area contributed by atoms with Crippen molar-refractivity contribution in [3.05, 3.63) is 29.6 Å². The number of nitriles is 1. The van der Waals surface area contributed by atoms with Crippen LogP contribution in [0.25, 0.3) is 11.0 Å². The van der Waals surface area contributed by atoms with E-state index in [0.29, 0.717) is 5.52 Å². The Kier molecular flexibility index (Phi) is 2.16. The number of hydrogen-bond donors (Lipinski definition) is 0. The van der Waals surface area contributed by atoms with Crippen LogP contribution in [0.2, 0.25) is 0 Å². The summed E-state index contributed by atoms with van der Waals surface area (Å²) in [5.74, 6) is -2.72. The number of aromatic nitrogens is 2. The lowest BCUT2D eigenvalue weighted by molar-refractivity contribution is 0.0614. The van der Waals surface area contributed by atoms with Gasteiger partial charge in [-0.15, -0.1) is 0 Å². The van der Waals surface area contributed by atoms with Crippen LogP contribution in [0.1, 0.15) is 11.4 Å². The molecule has 5 heteroatoms. The Bertz CT molecular complexity index is 593. The van der Waals surface area contributed by atoms with Gasteiger partial charge in [0.2, 0.25) is 0 Å². The van der Waals surface area contributed by atoms with Gasteiger partial charge in [0, 0.05) is 12.6 Å². The SMILES string of the molecule is Cc1nc2cc(C(F)(F)C#N)ccc2n1C. The van der Waals surface area contributed by atoms with Crippen molar-refractivity contribution in [1.29, 1.82) is 5.26 Å². The van der Waals surface area contributed by atoms with Gasteiger partial charge >= 0.3 is 5.92 Å². The Labute approximate surface area is 90.9 Å². The molecule has 0 saturated heterocycles. The van der Waals surface area contributed by atoms with E-state index in [-0.39, 0.29) is 5.56 Å². The average Bonchev–Trinajstić information content (AvgIpc) is 2.54. The number of aryl methyl sites for hydroxylation is 2. The van der Waals surface area contributed by atoms with Gasteiger partial charge in [-0.05, 0) is 25.1 Å². The third-order valence-electron chi connectivity index (χ3n) is 2.61. The fourth-order valence-corrected chi connectivity index (χ4v) is 1.58. The first kappa shape index (κ1) is 10.6. The van der Waals surface area contributed by atoms with Crippen LogP contribution in [0.15, 0.2) is 18.2 Å². The molecule has 0 atom stereocenters. The molecule has 0 bridgehead atoms. The molecule has 2 rings (SSSR count). The van der Waals surface area contributed by atoms with Gasteiger partial charge in [0.25, 0.3) is 0 Å². The average molecular weight is 221 g/mol. The van der Waals surface area contributed by atoms with Crippen molar-refractivity contribution in [1.82, 2.24) is 9.55 Å². The Morgan fingerprint density at radius 1 is 1.44 bits per heavy atom. The number of nitrogens with zero attached hydrogens (tertiary/aromatic N) is 3. The van der Waals surface area contributed by atoms with E-state index < -0.39 is 5.92 Å². The number of benzene rings is 1. The van der Waals surface area contributed by atoms with E-state index in [9.17, 15) is 8.78 Å². The molecule has 0 saturated carbocycles. The van der Waals surface area contributed by atoms with Gasteiger partial charge in [-0.1, -0.05) is 0 Å². The molecule has 16 heavy (non-hydrogen) atoms. The van der Waals surface area contributed by atoms with E-state index >= 15 is 0 Å². The third kappa shape index (κ3) is 1.43. The molecule has 0 unspecified atom stereocenters. The lowest BCUT2D eigenvalue weighted by Gasteiger charge is -2.07. The summed E-state index contributed by atoms with van der Waals surface area (Å²) < 4.78 is 28.1. The molecule has 82 valence electrons.